The van der Waals surface area contributed by atoms with Gasteiger partial charge in [0, 0.05) is 17.0 Å². The van der Waals surface area contributed by atoms with E-state index in [1.54, 1.807) is 0 Å². The second-order valence-corrected chi connectivity index (χ2v) is 6.72. The Morgan fingerprint density at radius 3 is 2.59 bits per heavy atom. The van der Waals surface area contributed by atoms with Crippen LogP contribution in [0.25, 0.3) is 0 Å². The summed E-state index contributed by atoms with van der Waals surface area (Å²) in [6.45, 7) is 7.84. The van der Waals surface area contributed by atoms with Crippen LogP contribution in [0.1, 0.15) is 40.0 Å². The molecule has 0 aromatic heterocycles. The largest absolute Gasteiger partial charge is 0.361 e. The smallest absolute Gasteiger partial charge is 0.157 e. The van der Waals surface area contributed by atoms with Gasteiger partial charge in [-0.15, -0.1) is 0 Å². The highest BCUT2D eigenvalue weighted by molar-refractivity contribution is 8.14. The van der Waals surface area contributed by atoms with Gasteiger partial charge in [-0.2, -0.15) is 11.8 Å². The van der Waals surface area contributed by atoms with Crippen molar-refractivity contribution in [2.45, 2.75) is 51.3 Å². The summed E-state index contributed by atoms with van der Waals surface area (Å²) >= 11 is 3.87. The molecule has 17 heavy (non-hydrogen) atoms. The molecule has 0 amide bonds. The summed E-state index contributed by atoms with van der Waals surface area (Å²) in [6.07, 6.45) is 5.90. The number of amidine groups is 1. The molecule has 1 rings (SSSR count). The minimum Gasteiger partial charge on any atom is -0.361 e. The SMILES string of the molecule is CCC(CSC)NC1=NCC(C(CC)CC)S1. The van der Waals surface area contributed by atoms with E-state index in [9.17, 15) is 0 Å². The van der Waals surface area contributed by atoms with E-state index < -0.39 is 0 Å². The molecule has 0 aliphatic carbocycles. The molecular formula is C13H26N2S2. The van der Waals surface area contributed by atoms with E-state index in [1.165, 1.54) is 30.2 Å². The number of nitrogens with zero attached hydrogens (tertiary/aromatic N) is 1. The van der Waals surface area contributed by atoms with Crippen LogP contribution in [0.5, 0.6) is 0 Å². The number of rotatable bonds is 7. The lowest BCUT2D eigenvalue weighted by molar-refractivity contribution is 0.479. The maximum atomic E-state index is 4.66. The number of hydrogen-bond acceptors (Lipinski definition) is 4. The third-order valence-electron chi connectivity index (χ3n) is 3.44. The molecule has 4 heteroatoms. The molecule has 100 valence electrons. The first kappa shape index (κ1) is 15.2. The Hall–Kier alpha value is 0.170. The summed E-state index contributed by atoms with van der Waals surface area (Å²) in [5.74, 6) is 2.00. The number of nitrogens with one attached hydrogen (secondary N) is 1. The van der Waals surface area contributed by atoms with E-state index in [2.05, 4.69) is 37.3 Å². The van der Waals surface area contributed by atoms with Crippen LogP contribution in [0.4, 0.5) is 0 Å². The first-order valence-corrected chi connectivity index (χ1v) is 8.98. The molecule has 0 bridgehead atoms. The molecule has 2 unspecified atom stereocenters. The van der Waals surface area contributed by atoms with Crippen LogP contribution in [0, 0.1) is 5.92 Å². The minimum absolute atomic E-state index is 0.580. The Balaban J connectivity index is 2.38. The Kier molecular flexibility index (Phi) is 7.44. The molecule has 2 atom stereocenters. The zero-order chi connectivity index (χ0) is 12.7. The summed E-state index contributed by atoms with van der Waals surface area (Å²) in [5.41, 5.74) is 0. The van der Waals surface area contributed by atoms with E-state index in [-0.39, 0.29) is 0 Å². The van der Waals surface area contributed by atoms with Crippen molar-refractivity contribution in [1.29, 1.82) is 0 Å². The molecule has 1 N–H and O–H groups in total. The van der Waals surface area contributed by atoms with Gasteiger partial charge >= 0.3 is 0 Å². The lowest BCUT2D eigenvalue weighted by Crippen LogP contribution is -2.34. The fourth-order valence-corrected chi connectivity index (χ4v) is 4.29. The van der Waals surface area contributed by atoms with Crippen molar-refractivity contribution in [2.75, 3.05) is 18.6 Å². The second kappa shape index (κ2) is 8.30. The van der Waals surface area contributed by atoms with Gasteiger partial charge in [-0.05, 0) is 18.6 Å². The van der Waals surface area contributed by atoms with Crippen molar-refractivity contribution < 1.29 is 0 Å². The van der Waals surface area contributed by atoms with Crippen molar-refractivity contribution in [3.63, 3.8) is 0 Å². The number of aliphatic imine (C=N–C) groups is 1. The third-order valence-corrected chi connectivity index (χ3v) is 5.48. The van der Waals surface area contributed by atoms with Crippen LogP contribution in [0.2, 0.25) is 0 Å². The lowest BCUT2D eigenvalue weighted by Gasteiger charge is -2.20. The molecule has 0 radical (unpaired) electrons. The molecule has 1 aliphatic heterocycles. The van der Waals surface area contributed by atoms with E-state index in [0.717, 1.165) is 12.5 Å². The zero-order valence-electron chi connectivity index (χ0n) is 11.5. The maximum Gasteiger partial charge on any atom is 0.157 e. The quantitative estimate of drug-likeness (QED) is 0.767. The Morgan fingerprint density at radius 1 is 1.35 bits per heavy atom. The van der Waals surface area contributed by atoms with E-state index in [0.29, 0.717) is 11.3 Å². The van der Waals surface area contributed by atoms with Crippen LogP contribution < -0.4 is 5.32 Å². The fraction of sp³-hybridized carbons (Fsp3) is 0.923. The highest BCUT2D eigenvalue weighted by atomic mass is 32.2. The summed E-state index contributed by atoms with van der Waals surface area (Å²) in [7, 11) is 0. The van der Waals surface area contributed by atoms with E-state index in [4.69, 9.17) is 0 Å². The zero-order valence-corrected chi connectivity index (χ0v) is 13.2. The van der Waals surface area contributed by atoms with Gasteiger partial charge in [-0.25, -0.2) is 0 Å². The topological polar surface area (TPSA) is 24.4 Å². The fourth-order valence-electron chi connectivity index (χ4n) is 2.17. The van der Waals surface area contributed by atoms with Crippen LogP contribution in [0.15, 0.2) is 4.99 Å². The van der Waals surface area contributed by atoms with Gasteiger partial charge in [0.25, 0.3) is 0 Å². The normalized spacial score (nSPS) is 21.7. The first-order chi connectivity index (χ1) is 8.24. The van der Waals surface area contributed by atoms with Crippen molar-refractivity contribution in [3.05, 3.63) is 0 Å². The molecule has 0 spiro atoms. The molecule has 0 aromatic rings. The van der Waals surface area contributed by atoms with Gasteiger partial charge < -0.3 is 5.32 Å². The monoisotopic (exact) mass is 274 g/mol. The van der Waals surface area contributed by atoms with Crippen LogP contribution in [0.3, 0.4) is 0 Å². The van der Waals surface area contributed by atoms with Crippen molar-refractivity contribution in [2.24, 2.45) is 10.9 Å². The average molecular weight is 274 g/mol. The Labute approximate surface area is 115 Å². The second-order valence-electron chi connectivity index (χ2n) is 4.58. The average Bonchev–Trinajstić information content (AvgIpc) is 2.79. The van der Waals surface area contributed by atoms with Crippen LogP contribution in [-0.4, -0.2) is 35.0 Å². The van der Waals surface area contributed by atoms with Gasteiger partial charge in [-0.3, -0.25) is 4.99 Å². The van der Waals surface area contributed by atoms with Crippen molar-refractivity contribution in [3.8, 4) is 0 Å². The summed E-state index contributed by atoms with van der Waals surface area (Å²) in [5, 5.41) is 5.48. The number of hydrogen-bond donors (Lipinski definition) is 1. The van der Waals surface area contributed by atoms with Gasteiger partial charge in [0.15, 0.2) is 5.17 Å². The predicted molar refractivity (Wildman–Crippen MR) is 83.3 cm³/mol. The van der Waals surface area contributed by atoms with E-state index >= 15 is 0 Å². The van der Waals surface area contributed by atoms with Crippen LogP contribution >= 0.6 is 23.5 Å². The standard InChI is InChI=1S/C13H26N2S2/c1-5-10(6-2)12-8-14-13(17-12)15-11(7-3)9-16-4/h10-12H,5-9H2,1-4H3,(H,14,15). The minimum atomic E-state index is 0.580. The Bertz CT molecular complexity index is 240. The molecule has 0 saturated carbocycles. The molecule has 0 fully saturated rings. The molecule has 0 saturated heterocycles. The molecule has 0 aromatic carbocycles. The molecule has 1 aliphatic rings. The highest BCUT2D eigenvalue weighted by Crippen LogP contribution is 2.30. The molecular weight excluding hydrogens is 248 g/mol. The van der Waals surface area contributed by atoms with Gasteiger partial charge in [0.2, 0.25) is 0 Å². The van der Waals surface area contributed by atoms with Crippen molar-refractivity contribution in [1.82, 2.24) is 5.32 Å². The molecule has 1 heterocycles. The van der Waals surface area contributed by atoms with Gasteiger partial charge in [0.05, 0.1) is 6.54 Å². The maximum absolute atomic E-state index is 4.66. The summed E-state index contributed by atoms with van der Waals surface area (Å²) in [4.78, 5) is 4.66. The van der Waals surface area contributed by atoms with Gasteiger partial charge in [-0.1, -0.05) is 45.4 Å². The number of thioether (sulfide) groups is 2. The van der Waals surface area contributed by atoms with E-state index in [1.807, 2.05) is 23.5 Å². The highest BCUT2D eigenvalue weighted by Gasteiger charge is 2.26. The Morgan fingerprint density at radius 2 is 2.06 bits per heavy atom. The summed E-state index contributed by atoms with van der Waals surface area (Å²) in [6, 6.07) is 0.580. The molecule has 2 nitrogen and oxygen atoms in total. The van der Waals surface area contributed by atoms with Crippen LogP contribution in [-0.2, 0) is 0 Å². The lowest BCUT2D eigenvalue weighted by atomic mass is 9.99. The van der Waals surface area contributed by atoms with Crippen molar-refractivity contribution >= 4 is 28.7 Å². The summed E-state index contributed by atoms with van der Waals surface area (Å²) < 4.78 is 0. The predicted octanol–water partition coefficient (Wildman–Crippen LogP) is 3.63. The first-order valence-electron chi connectivity index (χ1n) is 6.71. The third kappa shape index (κ3) is 4.74. The van der Waals surface area contributed by atoms with Gasteiger partial charge in [0.1, 0.15) is 0 Å².